The number of nitrogens with one attached hydrogen (secondary N) is 1. The van der Waals surface area contributed by atoms with Gasteiger partial charge in [0.1, 0.15) is 0 Å². The average molecular weight is 240 g/mol. The molecule has 0 aliphatic carbocycles. The Hall–Kier alpha value is -1.26. The van der Waals surface area contributed by atoms with E-state index in [0.717, 1.165) is 19.5 Å². The zero-order chi connectivity index (χ0) is 12.8. The van der Waals surface area contributed by atoms with E-state index in [1.807, 2.05) is 18.7 Å². The van der Waals surface area contributed by atoms with Crippen molar-refractivity contribution in [1.29, 1.82) is 0 Å². The molecule has 0 saturated carbocycles. The molecule has 1 amide bonds. The van der Waals surface area contributed by atoms with E-state index in [4.69, 9.17) is 5.73 Å². The van der Waals surface area contributed by atoms with Crippen LogP contribution in [-0.2, 0) is 4.79 Å². The number of nitrogens with zero attached hydrogens (tertiary/aromatic N) is 2. The van der Waals surface area contributed by atoms with Crippen LogP contribution in [0.4, 0.5) is 0 Å². The first-order valence-corrected chi connectivity index (χ1v) is 6.37. The highest BCUT2D eigenvalue weighted by molar-refractivity contribution is 5.79. The summed E-state index contributed by atoms with van der Waals surface area (Å²) >= 11 is 0. The molecule has 1 saturated heterocycles. The van der Waals surface area contributed by atoms with Crippen LogP contribution in [0.25, 0.3) is 0 Å². The van der Waals surface area contributed by atoms with Gasteiger partial charge in [0.25, 0.3) is 0 Å². The van der Waals surface area contributed by atoms with Gasteiger partial charge in [-0.15, -0.1) is 0 Å². The molecule has 1 atom stereocenters. The van der Waals surface area contributed by atoms with Crippen molar-refractivity contribution < 1.29 is 4.79 Å². The minimum absolute atomic E-state index is 0.252. The first kappa shape index (κ1) is 13.8. The molecule has 17 heavy (non-hydrogen) atoms. The molecule has 0 aromatic carbocycles. The van der Waals surface area contributed by atoms with Crippen molar-refractivity contribution in [2.75, 3.05) is 19.6 Å². The van der Waals surface area contributed by atoms with Gasteiger partial charge in [-0.05, 0) is 20.3 Å². The standard InChI is InChI=1S/C12H24N4O/c1-4-5-16-8-10(6-11(16)17)7-14-12(13)15-9(2)3/h9-10H,4-8H2,1-3H3,(H3,13,14,15). The SMILES string of the molecule is CCCN1CC(CN=C(N)NC(C)C)CC1=O. The van der Waals surface area contributed by atoms with Crippen LogP contribution < -0.4 is 11.1 Å². The normalized spacial score (nSPS) is 21.4. The van der Waals surface area contributed by atoms with Crippen molar-refractivity contribution in [2.45, 2.75) is 39.7 Å². The Balaban J connectivity index is 2.37. The van der Waals surface area contributed by atoms with E-state index in [1.165, 1.54) is 0 Å². The van der Waals surface area contributed by atoms with Crippen LogP contribution in [0.2, 0.25) is 0 Å². The molecule has 1 unspecified atom stereocenters. The summed E-state index contributed by atoms with van der Waals surface area (Å²) in [7, 11) is 0. The minimum atomic E-state index is 0.252. The summed E-state index contributed by atoms with van der Waals surface area (Å²) < 4.78 is 0. The maximum atomic E-state index is 11.6. The summed E-state index contributed by atoms with van der Waals surface area (Å²) in [5.74, 6) is 1.05. The van der Waals surface area contributed by atoms with Gasteiger partial charge in [-0.25, -0.2) is 0 Å². The van der Waals surface area contributed by atoms with Crippen LogP contribution in [0.5, 0.6) is 0 Å². The number of rotatable bonds is 5. The van der Waals surface area contributed by atoms with Gasteiger partial charge in [-0.1, -0.05) is 6.92 Å². The van der Waals surface area contributed by atoms with Gasteiger partial charge in [-0.3, -0.25) is 9.79 Å². The number of likely N-dealkylation sites (tertiary alicyclic amines) is 1. The lowest BCUT2D eigenvalue weighted by Crippen LogP contribution is -2.37. The lowest BCUT2D eigenvalue weighted by Gasteiger charge is -2.14. The maximum Gasteiger partial charge on any atom is 0.222 e. The topological polar surface area (TPSA) is 70.7 Å². The van der Waals surface area contributed by atoms with Gasteiger partial charge in [0.2, 0.25) is 5.91 Å². The van der Waals surface area contributed by atoms with Crippen molar-refractivity contribution in [1.82, 2.24) is 10.2 Å². The molecule has 0 bridgehead atoms. The Kier molecular flexibility index (Phi) is 5.25. The van der Waals surface area contributed by atoms with E-state index in [1.54, 1.807) is 0 Å². The van der Waals surface area contributed by atoms with Crippen LogP contribution >= 0.6 is 0 Å². The lowest BCUT2D eigenvalue weighted by atomic mass is 10.1. The zero-order valence-corrected chi connectivity index (χ0v) is 11.1. The summed E-state index contributed by atoms with van der Waals surface area (Å²) in [6, 6.07) is 0.292. The third-order valence-electron chi connectivity index (χ3n) is 2.74. The van der Waals surface area contributed by atoms with E-state index in [0.29, 0.717) is 30.9 Å². The number of carbonyl (C=O) groups is 1. The van der Waals surface area contributed by atoms with E-state index < -0.39 is 0 Å². The van der Waals surface area contributed by atoms with E-state index in [-0.39, 0.29) is 5.91 Å². The Morgan fingerprint density at radius 2 is 2.35 bits per heavy atom. The minimum Gasteiger partial charge on any atom is -0.370 e. The van der Waals surface area contributed by atoms with Gasteiger partial charge in [0, 0.05) is 38.0 Å². The Morgan fingerprint density at radius 1 is 1.65 bits per heavy atom. The highest BCUT2D eigenvalue weighted by Gasteiger charge is 2.28. The first-order chi connectivity index (χ1) is 8.02. The average Bonchev–Trinajstić information content (AvgIpc) is 2.57. The molecule has 0 radical (unpaired) electrons. The summed E-state index contributed by atoms with van der Waals surface area (Å²) in [6.07, 6.45) is 1.62. The van der Waals surface area contributed by atoms with Crippen LogP contribution in [0.3, 0.4) is 0 Å². The van der Waals surface area contributed by atoms with Crippen LogP contribution in [0.15, 0.2) is 4.99 Å². The van der Waals surface area contributed by atoms with E-state index in [9.17, 15) is 4.79 Å². The molecule has 98 valence electrons. The molecule has 0 aromatic heterocycles. The quantitative estimate of drug-likeness (QED) is 0.545. The van der Waals surface area contributed by atoms with Crippen molar-refractivity contribution in [3.05, 3.63) is 0 Å². The summed E-state index contributed by atoms with van der Waals surface area (Å²) in [6.45, 7) is 8.44. The summed E-state index contributed by atoms with van der Waals surface area (Å²) in [5.41, 5.74) is 5.72. The first-order valence-electron chi connectivity index (χ1n) is 6.37. The van der Waals surface area contributed by atoms with Crippen LogP contribution in [0.1, 0.15) is 33.6 Å². The molecule has 5 heteroatoms. The smallest absolute Gasteiger partial charge is 0.222 e. The van der Waals surface area contributed by atoms with Crippen molar-refractivity contribution in [3.63, 3.8) is 0 Å². The van der Waals surface area contributed by atoms with Gasteiger partial charge in [-0.2, -0.15) is 0 Å². The highest BCUT2D eigenvalue weighted by Crippen LogP contribution is 2.17. The third-order valence-corrected chi connectivity index (χ3v) is 2.74. The molecule has 1 rings (SSSR count). The number of carbonyl (C=O) groups excluding carboxylic acids is 1. The molecule has 1 aliphatic rings. The number of guanidine groups is 1. The molecule has 1 fully saturated rings. The number of nitrogens with two attached hydrogens (primary N) is 1. The fourth-order valence-corrected chi connectivity index (χ4v) is 2.03. The monoisotopic (exact) mass is 240 g/mol. The van der Waals surface area contributed by atoms with E-state index in [2.05, 4.69) is 17.2 Å². The predicted molar refractivity (Wildman–Crippen MR) is 69.7 cm³/mol. The van der Waals surface area contributed by atoms with Crippen molar-refractivity contribution in [3.8, 4) is 0 Å². The molecule has 1 aliphatic heterocycles. The Bertz CT molecular complexity index is 288. The van der Waals surface area contributed by atoms with Gasteiger partial charge >= 0.3 is 0 Å². The number of aliphatic imine (C=N–C) groups is 1. The van der Waals surface area contributed by atoms with Crippen LogP contribution in [0, 0.1) is 5.92 Å². The second-order valence-electron chi connectivity index (χ2n) is 4.93. The fourth-order valence-electron chi connectivity index (χ4n) is 2.03. The second-order valence-corrected chi connectivity index (χ2v) is 4.93. The second kappa shape index (κ2) is 6.47. The van der Waals surface area contributed by atoms with Crippen molar-refractivity contribution >= 4 is 11.9 Å². The molecule has 1 heterocycles. The molecule has 5 nitrogen and oxygen atoms in total. The van der Waals surface area contributed by atoms with Gasteiger partial charge in [0.15, 0.2) is 5.96 Å². The number of hydrogen-bond acceptors (Lipinski definition) is 2. The van der Waals surface area contributed by atoms with E-state index >= 15 is 0 Å². The predicted octanol–water partition coefficient (Wildman–Crippen LogP) is 0.558. The maximum absolute atomic E-state index is 11.6. The molecule has 3 N–H and O–H groups in total. The fraction of sp³-hybridized carbons (Fsp3) is 0.833. The van der Waals surface area contributed by atoms with Crippen LogP contribution in [-0.4, -0.2) is 42.4 Å². The molecule has 0 spiro atoms. The number of amides is 1. The lowest BCUT2D eigenvalue weighted by molar-refractivity contribution is -0.127. The molecular formula is C12H24N4O. The highest BCUT2D eigenvalue weighted by atomic mass is 16.2. The zero-order valence-electron chi connectivity index (χ0n) is 11.1. The Labute approximate surface area is 103 Å². The van der Waals surface area contributed by atoms with Crippen molar-refractivity contribution in [2.24, 2.45) is 16.6 Å². The molecular weight excluding hydrogens is 216 g/mol. The molecule has 0 aromatic rings. The third kappa shape index (κ3) is 4.63. The van der Waals surface area contributed by atoms with Gasteiger partial charge < -0.3 is 16.0 Å². The summed E-state index contributed by atoms with van der Waals surface area (Å²) in [4.78, 5) is 17.8. The summed E-state index contributed by atoms with van der Waals surface area (Å²) in [5, 5.41) is 3.04. The Morgan fingerprint density at radius 3 is 2.94 bits per heavy atom. The largest absolute Gasteiger partial charge is 0.370 e. The number of hydrogen-bond donors (Lipinski definition) is 2. The van der Waals surface area contributed by atoms with Gasteiger partial charge in [0.05, 0.1) is 0 Å².